The van der Waals surface area contributed by atoms with Crippen LogP contribution in [0.25, 0.3) is 0 Å². The van der Waals surface area contributed by atoms with Gasteiger partial charge < -0.3 is 4.43 Å². The van der Waals surface area contributed by atoms with Gasteiger partial charge in [-0.2, -0.15) is 0 Å². The standard InChI is InChI=1S/C22H28O2Si/c1-19(12-11-17-23)18-24-25(22(2,3)4,20-13-7-5-8-14-20)21-15-9-6-10-16-21/h5-17,19H,18H2,1-4H3/b12-11+/t19-/m1/s1. The summed E-state index contributed by atoms with van der Waals surface area (Å²) < 4.78 is 6.80. The van der Waals surface area contributed by atoms with Gasteiger partial charge in [-0.1, -0.05) is 94.4 Å². The van der Waals surface area contributed by atoms with Crippen molar-refractivity contribution in [1.29, 1.82) is 0 Å². The molecule has 0 unspecified atom stereocenters. The van der Waals surface area contributed by atoms with E-state index in [0.29, 0.717) is 6.61 Å². The average molecular weight is 353 g/mol. The molecule has 0 aliphatic heterocycles. The van der Waals surface area contributed by atoms with Crippen molar-refractivity contribution in [3.63, 3.8) is 0 Å². The second-order valence-corrected chi connectivity index (χ2v) is 11.8. The van der Waals surface area contributed by atoms with Crippen LogP contribution < -0.4 is 10.4 Å². The number of hydrogen-bond acceptors (Lipinski definition) is 2. The molecule has 0 heterocycles. The third-order valence-corrected chi connectivity index (χ3v) is 9.50. The van der Waals surface area contributed by atoms with Crippen LogP contribution in [0.4, 0.5) is 0 Å². The summed E-state index contributed by atoms with van der Waals surface area (Å²) in [6, 6.07) is 21.2. The number of aldehydes is 1. The highest BCUT2D eigenvalue weighted by atomic mass is 28.4. The minimum atomic E-state index is -2.47. The van der Waals surface area contributed by atoms with Gasteiger partial charge in [0.1, 0.15) is 6.29 Å². The van der Waals surface area contributed by atoms with Gasteiger partial charge in [-0.25, -0.2) is 0 Å². The Kier molecular flexibility index (Phi) is 6.51. The van der Waals surface area contributed by atoms with Crippen molar-refractivity contribution < 1.29 is 9.22 Å². The second kappa shape index (κ2) is 8.41. The van der Waals surface area contributed by atoms with Crippen LogP contribution in [0.2, 0.25) is 5.04 Å². The van der Waals surface area contributed by atoms with Crippen molar-refractivity contribution >= 4 is 25.0 Å². The molecular formula is C22H28O2Si. The molecular weight excluding hydrogens is 324 g/mol. The van der Waals surface area contributed by atoms with Gasteiger partial charge in [0.25, 0.3) is 8.32 Å². The van der Waals surface area contributed by atoms with Crippen LogP contribution in [-0.2, 0) is 9.22 Å². The first kappa shape index (κ1) is 19.4. The van der Waals surface area contributed by atoms with Crippen LogP contribution in [0.15, 0.2) is 72.8 Å². The summed E-state index contributed by atoms with van der Waals surface area (Å²) in [7, 11) is -2.47. The summed E-state index contributed by atoms with van der Waals surface area (Å²) in [6.07, 6.45) is 4.28. The Balaban J connectivity index is 2.53. The highest BCUT2D eigenvalue weighted by molar-refractivity contribution is 6.99. The molecule has 0 N–H and O–H groups in total. The Hall–Kier alpha value is -1.97. The fraction of sp³-hybridized carbons (Fsp3) is 0.318. The zero-order valence-corrected chi connectivity index (χ0v) is 16.6. The van der Waals surface area contributed by atoms with E-state index in [-0.39, 0.29) is 11.0 Å². The number of allylic oxidation sites excluding steroid dienone is 1. The van der Waals surface area contributed by atoms with Crippen LogP contribution in [0.3, 0.4) is 0 Å². The van der Waals surface area contributed by atoms with Crippen molar-refractivity contribution in [2.24, 2.45) is 5.92 Å². The minimum Gasteiger partial charge on any atom is -0.407 e. The fourth-order valence-electron chi connectivity index (χ4n) is 3.31. The number of rotatable bonds is 7. The third kappa shape index (κ3) is 4.36. The molecule has 2 nitrogen and oxygen atoms in total. The summed E-state index contributed by atoms with van der Waals surface area (Å²) in [5.41, 5.74) is 0. The van der Waals surface area contributed by atoms with Crippen molar-refractivity contribution in [1.82, 2.24) is 0 Å². The first-order chi connectivity index (χ1) is 11.9. The summed E-state index contributed by atoms with van der Waals surface area (Å²) in [5.74, 6) is 0.187. The topological polar surface area (TPSA) is 26.3 Å². The molecule has 0 saturated heterocycles. The van der Waals surface area contributed by atoms with Gasteiger partial charge in [-0.3, -0.25) is 4.79 Å². The molecule has 0 aliphatic rings. The summed E-state index contributed by atoms with van der Waals surface area (Å²) in [4.78, 5) is 10.6. The highest BCUT2D eigenvalue weighted by Gasteiger charge is 2.50. The minimum absolute atomic E-state index is 0.0240. The molecule has 132 valence electrons. The summed E-state index contributed by atoms with van der Waals surface area (Å²) >= 11 is 0. The molecule has 2 aromatic carbocycles. The van der Waals surface area contributed by atoms with Crippen molar-refractivity contribution in [3.05, 3.63) is 72.8 Å². The Bertz CT molecular complexity index is 647. The molecule has 0 aromatic heterocycles. The maximum Gasteiger partial charge on any atom is 0.261 e. The zero-order chi connectivity index (χ0) is 18.3. The lowest BCUT2D eigenvalue weighted by atomic mass is 10.2. The first-order valence-electron chi connectivity index (χ1n) is 8.79. The molecule has 25 heavy (non-hydrogen) atoms. The number of hydrogen-bond donors (Lipinski definition) is 0. The van der Waals surface area contributed by atoms with Crippen molar-refractivity contribution in [3.8, 4) is 0 Å². The zero-order valence-electron chi connectivity index (χ0n) is 15.6. The normalized spacial score (nSPS) is 13.8. The highest BCUT2D eigenvalue weighted by Crippen LogP contribution is 2.37. The lowest BCUT2D eigenvalue weighted by molar-refractivity contribution is -0.104. The maximum atomic E-state index is 10.6. The number of benzene rings is 2. The van der Waals surface area contributed by atoms with Crippen LogP contribution in [0.5, 0.6) is 0 Å². The largest absolute Gasteiger partial charge is 0.407 e. The van der Waals surface area contributed by atoms with E-state index in [1.807, 2.05) is 18.2 Å². The monoisotopic (exact) mass is 352 g/mol. The quantitative estimate of drug-likeness (QED) is 0.428. The molecule has 0 radical (unpaired) electrons. The van der Waals surface area contributed by atoms with Gasteiger partial charge >= 0.3 is 0 Å². The van der Waals surface area contributed by atoms with Gasteiger partial charge in [-0.15, -0.1) is 0 Å². The first-order valence-corrected chi connectivity index (χ1v) is 10.7. The lowest BCUT2D eigenvalue weighted by Gasteiger charge is -2.43. The van der Waals surface area contributed by atoms with E-state index in [2.05, 4.69) is 76.2 Å². The van der Waals surface area contributed by atoms with Crippen LogP contribution in [0, 0.1) is 5.92 Å². The Morgan fingerprint density at radius 1 is 0.960 bits per heavy atom. The van der Waals surface area contributed by atoms with E-state index >= 15 is 0 Å². The molecule has 0 fully saturated rings. The van der Waals surface area contributed by atoms with Gasteiger partial charge in [0, 0.05) is 6.61 Å². The predicted molar refractivity (Wildman–Crippen MR) is 108 cm³/mol. The van der Waals surface area contributed by atoms with E-state index in [1.54, 1.807) is 6.08 Å². The van der Waals surface area contributed by atoms with E-state index in [9.17, 15) is 4.79 Å². The Labute approximate surface area is 152 Å². The SMILES string of the molecule is C[C@H](/C=C/C=O)CO[Si](c1ccccc1)(c1ccccc1)C(C)(C)C. The third-order valence-electron chi connectivity index (χ3n) is 4.50. The van der Waals surface area contributed by atoms with Crippen LogP contribution in [-0.4, -0.2) is 21.2 Å². The molecule has 0 bridgehead atoms. The van der Waals surface area contributed by atoms with E-state index < -0.39 is 8.32 Å². The van der Waals surface area contributed by atoms with Crippen molar-refractivity contribution in [2.45, 2.75) is 32.7 Å². The molecule has 2 aromatic rings. The molecule has 2 rings (SSSR count). The molecule has 0 aliphatic carbocycles. The average Bonchev–Trinajstić information content (AvgIpc) is 2.61. The molecule has 3 heteroatoms. The van der Waals surface area contributed by atoms with Gasteiger partial charge in [0.05, 0.1) is 0 Å². The number of carbonyl (C=O) groups is 1. The summed E-state index contributed by atoms with van der Waals surface area (Å²) in [6.45, 7) is 9.48. The van der Waals surface area contributed by atoms with Gasteiger partial charge in [0.15, 0.2) is 0 Å². The summed E-state index contributed by atoms with van der Waals surface area (Å²) in [5, 5.41) is 2.53. The Morgan fingerprint density at radius 2 is 1.44 bits per heavy atom. The maximum absolute atomic E-state index is 10.6. The molecule has 1 atom stereocenters. The van der Waals surface area contributed by atoms with Gasteiger partial charge in [0.2, 0.25) is 0 Å². The number of carbonyl (C=O) groups excluding carboxylic acids is 1. The van der Waals surface area contributed by atoms with Crippen LogP contribution in [0.1, 0.15) is 27.7 Å². The smallest absolute Gasteiger partial charge is 0.261 e. The van der Waals surface area contributed by atoms with Crippen LogP contribution >= 0.6 is 0 Å². The Morgan fingerprint density at radius 3 is 1.84 bits per heavy atom. The second-order valence-electron chi connectivity index (χ2n) is 7.47. The predicted octanol–water partition coefficient (Wildman–Crippen LogP) is 3.95. The van der Waals surface area contributed by atoms with E-state index in [4.69, 9.17) is 4.43 Å². The van der Waals surface area contributed by atoms with E-state index in [1.165, 1.54) is 10.4 Å². The van der Waals surface area contributed by atoms with Crippen molar-refractivity contribution in [2.75, 3.05) is 6.61 Å². The molecule has 0 spiro atoms. The van der Waals surface area contributed by atoms with E-state index in [0.717, 1.165) is 6.29 Å². The molecule has 0 amide bonds. The van der Waals surface area contributed by atoms with Gasteiger partial charge in [-0.05, 0) is 27.4 Å². The molecule has 0 saturated carbocycles. The fourth-order valence-corrected chi connectivity index (χ4v) is 7.98. The lowest BCUT2D eigenvalue weighted by Crippen LogP contribution is -2.66.